The third-order valence-electron chi connectivity index (χ3n) is 4.61. The Morgan fingerprint density at radius 1 is 1.31 bits per heavy atom. The van der Waals surface area contributed by atoms with Gasteiger partial charge in [-0.05, 0) is 24.6 Å². The van der Waals surface area contributed by atoms with Gasteiger partial charge in [-0.25, -0.2) is 18.4 Å². The minimum absolute atomic E-state index is 0.0945. The Morgan fingerprint density at radius 3 is 2.52 bits per heavy atom. The van der Waals surface area contributed by atoms with Crippen LogP contribution in [0.4, 0.5) is 8.78 Å². The number of nitrogens with zero attached hydrogens (tertiary/aromatic N) is 1. The van der Waals surface area contributed by atoms with Crippen LogP contribution in [0.25, 0.3) is 0 Å². The Bertz CT molecular complexity index is 1060. The van der Waals surface area contributed by atoms with Crippen molar-refractivity contribution >= 4 is 28.6 Å². The van der Waals surface area contributed by atoms with Gasteiger partial charge in [-0.1, -0.05) is 47.4 Å². The van der Waals surface area contributed by atoms with E-state index in [4.69, 9.17) is 9.47 Å². The summed E-state index contributed by atoms with van der Waals surface area (Å²) in [6, 6.07) is 8.67. The minimum atomic E-state index is -2.79. The van der Waals surface area contributed by atoms with Gasteiger partial charge in [0.15, 0.2) is 6.23 Å². The molecule has 4 atom stereocenters. The van der Waals surface area contributed by atoms with Crippen LogP contribution in [-0.2, 0) is 9.47 Å². The van der Waals surface area contributed by atoms with E-state index in [9.17, 15) is 14.4 Å². The summed E-state index contributed by atoms with van der Waals surface area (Å²) in [7, 11) is 0. The van der Waals surface area contributed by atoms with Crippen LogP contribution >= 0.6 is 22.6 Å². The number of H-pyrrole nitrogens is 1. The molecule has 2 aromatic rings. The quantitative estimate of drug-likeness (QED) is 0.285. The van der Waals surface area contributed by atoms with E-state index in [0.717, 1.165) is 12.3 Å². The molecule has 0 bridgehead atoms. The molecule has 1 aromatic heterocycles. The molecule has 1 fully saturated rings. The van der Waals surface area contributed by atoms with Gasteiger partial charge < -0.3 is 9.47 Å². The number of benzene rings is 1. The van der Waals surface area contributed by atoms with Crippen LogP contribution < -0.4 is 11.2 Å². The highest BCUT2D eigenvalue weighted by molar-refractivity contribution is 14.1. The lowest BCUT2D eigenvalue weighted by molar-refractivity contribution is -0.170. The normalized spacial score (nSPS) is 28.8. The van der Waals surface area contributed by atoms with E-state index in [1.807, 2.05) is 4.98 Å². The molecule has 0 spiro atoms. The number of aromatic nitrogens is 2. The Morgan fingerprint density at radius 2 is 1.97 bits per heavy atom. The molecule has 1 aliphatic rings. The fourth-order valence-electron chi connectivity index (χ4n) is 3.11. The fraction of sp³-hybridized carbons (Fsp3) is 0.316. The van der Waals surface area contributed by atoms with Crippen molar-refractivity contribution in [3.05, 3.63) is 81.1 Å². The fourth-order valence-corrected chi connectivity index (χ4v) is 3.69. The minimum Gasteiger partial charge on any atom is -0.449 e. The van der Waals surface area contributed by atoms with E-state index >= 15 is 8.78 Å². The van der Waals surface area contributed by atoms with Crippen molar-refractivity contribution in [2.45, 2.75) is 30.8 Å². The molecule has 29 heavy (non-hydrogen) atoms. The second kappa shape index (κ2) is 7.82. The van der Waals surface area contributed by atoms with Crippen LogP contribution in [0.5, 0.6) is 0 Å². The van der Waals surface area contributed by atoms with Crippen LogP contribution in [0, 0.1) is 0 Å². The van der Waals surface area contributed by atoms with E-state index < -0.39 is 45.5 Å². The van der Waals surface area contributed by atoms with Gasteiger partial charge in [-0.3, -0.25) is 14.3 Å². The molecule has 1 aromatic carbocycles. The maximum atomic E-state index is 16.3. The number of ether oxygens (including phenoxy) is 2. The Balaban J connectivity index is 2.10. The standard InChI is InChI=1S/C19H17F2IN2O5/c1-11(2)19(21)15(28-14(26)12-6-4-3-5-7-12)18(20,10-22)29-16(19)24-9-8-13(25)23-17(24)27/h3-9,15-16H,1,10H2,2H3,(H,23,25,27)/t15-,16-,18-,19-/m1/s1. The summed E-state index contributed by atoms with van der Waals surface area (Å²) in [6.07, 6.45) is -2.91. The number of esters is 1. The third-order valence-corrected chi connectivity index (χ3v) is 5.65. The molecule has 3 rings (SSSR count). The molecule has 0 aliphatic carbocycles. The summed E-state index contributed by atoms with van der Waals surface area (Å²) in [4.78, 5) is 38.0. The van der Waals surface area contributed by atoms with Gasteiger partial charge in [0.25, 0.3) is 11.4 Å². The van der Waals surface area contributed by atoms with Gasteiger partial charge in [-0.15, -0.1) is 0 Å². The summed E-state index contributed by atoms with van der Waals surface area (Å²) in [5, 5.41) is 0. The number of hydrogen-bond donors (Lipinski definition) is 1. The molecule has 1 aliphatic heterocycles. The Kier molecular flexibility index (Phi) is 5.77. The van der Waals surface area contributed by atoms with E-state index in [0.29, 0.717) is 4.57 Å². The predicted molar refractivity (Wildman–Crippen MR) is 108 cm³/mol. The van der Waals surface area contributed by atoms with Gasteiger partial charge in [0.05, 0.1) is 9.99 Å². The average Bonchev–Trinajstić information content (AvgIpc) is 2.92. The highest BCUT2D eigenvalue weighted by Gasteiger charge is 2.69. The van der Waals surface area contributed by atoms with Gasteiger partial charge in [0, 0.05) is 12.3 Å². The smallest absolute Gasteiger partial charge is 0.338 e. The highest BCUT2D eigenvalue weighted by atomic mass is 127. The topological polar surface area (TPSA) is 90.4 Å². The molecule has 2 heterocycles. The van der Waals surface area contributed by atoms with Crippen molar-refractivity contribution in [1.29, 1.82) is 0 Å². The predicted octanol–water partition coefficient (Wildman–Crippen LogP) is 2.68. The monoisotopic (exact) mass is 518 g/mol. The summed E-state index contributed by atoms with van der Waals surface area (Å²) >= 11 is 1.63. The number of carbonyl (C=O) groups excluding carboxylic acids is 1. The SMILES string of the molecule is C=C(C)[C@]1(F)[C@H](n2ccc(=O)[nH]c2=O)O[C@](F)(CI)[C@H]1OC(=O)c1ccccc1. The molecule has 7 nitrogen and oxygen atoms in total. The first kappa shape index (κ1) is 21.4. The molecule has 0 radical (unpaired) electrons. The number of aromatic amines is 1. The van der Waals surface area contributed by atoms with Crippen molar-refractivity contribution in [3.63, 3.8) is 0 Å². The molecule has 10 heteroatoms. The van der Waals surface area contributed by atoms with Crippen LogP contribution in [0.2, 0.25) is 0 Å². The van der Waals surface area contributed by atoms with E-state index in [1.54, 1.807) is 40.8 Å². The van der Waals surface area contributed by atoms with Crippen molar-refractivity contribution < 1.29 is 23.0 Å². The Hall–Kier alpha value is -2.34. The number of halogens is 3. The van der Waals surface area contributed by atoms with E-state index in [-0.39, 0.29) is 11.1 Å². The lowest BCUT2D eigenvalue weighted by atomic mass is 9.88. The first-order valence-electron chi connectivity index (χ1n) is 8.48. The molecular weight excluding hydrogens is 501 g/mol. The van der Waals surface area contributed by atoms with Crippen molar-refractivity contribution in [3.8, 4) is 0 Å². The second-order valence-corrected chi connectivity index (χ2v) is 7.37. The summed E-state index contributed by atoms with van der Waals surface area (Å²) in [5.74, 6) is -3.71. The largest absolute Gasteiger partial charge is 0.449 e. The van der Waals surface area contributed by atoms with Crippen LogP contribution in [0.1, 0.15) is 23.5 Å². The zero-order chi connectivity index (χ0) is 21.4. The molecule has 1 N–H and O–H groups in total. The highest BCUT2D eigenvalue weighted by Crippen LogP contribution is 2.52. The maximum Gasteiger partial charge on any atom is 0.338 e. The number of alkyl halides is 3. The first-order valence-corrected chi connectivity index (χ1v) is 10.0. The average molecular weight is 518 g/mol. The van der Waals surface area contributed by atoms with Crippen molar-refractivity contribution in [1.82, 2.24) is 9.55 Å². The summed E-state index contributed by atoms with van der Waals surface area (Å²) < 4.78 is 42.7. The summed E-state index contributed by atoms with van der Waals surface area (Å²) in [5.41, 5.74) is -4.62. The van der Waals surface area contributed by atoms with Gasteiger partial charge >= 0.3 is 11.7 Å². The molecule has 1 saturated heterocycles. The Labute approximate surface area is 177 Å². The zero-order valence-electron chi connectivity index (χ0n) is 15.2. The number of carbonyl (C=O) groups is 1. The van der Waals surface area contributed by atoms with E-state index in [1.165, 1.54) is 19.1 Å². The summed E-state index contributed by atoms with van der Waals surface area (Å²) in [6.45, 7) is 4.83. The molecule has 0 amide bonds. The van der Waals surface area contributed by atoms with Gasteiger partial charge in [0.1, 0.15) is 0 Å². The third kappa shape index (κ3) is 3.66. The maximum absolute atomic E-state index is 16.3. The van der Waals surface area contributed by atoms with Crippen LogP contribution in [0.3, 0.4) is 0 Å². The van der Waals surface area contributed by atoms with Crippen LogP contribution in [-0.4, -0.2) is 37.6 Å². The van der Waals surface area contributed by atoms with Gasteiger partial charge in [0.2, 0.25) is 11.8 Å². The molecular formula is C19H17F2IN2O5. The number of nitrogens with one attached hydrogen (secondary N) is 1. The number of rotatable bonds is 5. The van der Waals surface area contributed by atoms with E-state index in [2.05, 4.69) is 6.58 Å². The lowest BCUT2D eigenvalue weighted by Gasteiger charge is -2.32. The van der Waals surface area contributed by atoms with Gasteiger partial charge in [-0.2, -0.15) is 0 Å². The van der Waals surface area contributed by atoms with Crippen LogP contribution in [0.15, 0.2) is 64.3 Å². The first-order chi connectivity index (χ1) is 13.6. The molecule has 0 unspecified atom stereocenters. The molecule has 154 valence electrons. The zero-order valence-corrected chi connectivity index (χ0v) is 17.4. The molecule has 0 saturated carbocycles. The van der Waals surface area contributed by atoms with Crippen molar-refractivity contribution in [2.75, 3.05) is 4.43 Å². The number of hydrogen-bond acceptors (Lipinski definition) is 5. The van der Waals surface area contributed by atoms with Crippen molar-refractivity contribution in [2.24, 2.45) is 0 Å². The lowest BCUT2D eigenvalue weighted by Crippen LogP contribution is -2.51. The second-order valence-electron chi connectivity index (χ2n) is 6.61.